The van der Waals surface area contributed by atoms with Gasteiger partial charge in [-0.2, -0.15) is 0 Å². The minimum absolute atomic E-state index is 0.0434. The first-order chi connectivity index (χ1) is 11.1. The van der Waals surface area contributed by atoms with Crippen molar-refractivity contribution in [1.82, 2.24) is 0 Å². The molecule has 0 aliphatic carbocycles. The maximum absolute atomic E-state index is 12.0. The summed E-state index contributed by atoms with van der Waals surface area (Å²) in [6.45, 7) is 1.56. The number of carboxylic acid groups (broad SMARTS) is 2. The highest BCUT2D eigenvalue weighted by Gasteiger charge is 2.21. The van der Waals surface area contributed by atoms with Crippen LogP contribution in [0.25, 0.3) is 0 Å². The molecule has 0 amide bonds. The van der Waals surface area contributed by atoms with E-state index in [2.05, 4.69) is 0 Å². The van der Waals surface area contributed by atoms with Crippen molar-refractivity contribution in [3.8, 4) is 0 Å². The second kappa shape index (κ2) is 6.66. The van der Waals surface area contributed by atoms with Gasteiger partial charge in [-0.05, 0) is 36.8 Å². The molecule has 0 saturated carbocycles. The second-order valence-corrected chi connectivity index (χ2v) is 8.16. The van der Waals surface area contributed by atoms with Crippen molar-refractivity contribution in [2.45, 2.75) is 21.6 Å². The zero-order chi connectivity index (χ0) is 18.1. The van der Waals surface area contributed by atoms with Crippen molar-refractivity contribution in [2.24, 2.45) is 0 Å². The number of carboxylic acids is 2. The number of hydrogen-bond donors (Lipinski definition) is 2. The van der Waals surface area contributed by atoms with E-state index in [1.54, 1.807) is 25.1 Å². The van der Waals surface area contributed by atoms with E-state index in [0.29, 0.717) is 10.5 Å². The van der Waals surface area contributed by atoms with Crippen molar-refractivity contribution < 1.29 is 28.2 Å². The Kier molecular flexibility index (Phi) is 5.00. The molecule has 0 radical (unpaired) electrons. The van der Waals surface area contributed by atoms with Gasteiger partial charge in [-0.3, -0.25) is 0 Å². The third-order valence-corrected chi connectivity index (χ3v) is 5.66. The first kappa shape index (κ1) is 18.0. The Labute approximate surface area is 143 Å². The average molecular weight is 366 g/mol. The lowest BCUT2D eigenvalue weighted by Crippen LogP contribution is -2.06. The Hall–Kier alpha value is -2.32. The molecule has 2 rings (SSSR count). The van der Waals surface area contributed by atoms with Gasteiger partial charge in [-0.15, -0.1) is 0 Å². The number of hydrogen-bond acceptors (Lipinski definition) is 5. The Morgan fingerprint density at radius 3 is 2.08 bits per heavy atom. The molecular weight excluding hydrogens is 352 g/mol. The van der Waals surface area contributed by atoms with Crippen molar-refractivity contribution >= 4 is 33.5 Å². The van der Waals surface area contributed by atoms with E-state index in [9.17, 15) is 28.2 Å². The molecule has 2 N–H and O–H groups in total. The summed E-state index contributed by atoms with van der Waals surface area (Å²) in [6, 6.07) is 8.77. The molecule has 0 fully saturated rings. The smallest absolute Gasteiger partial charge is 0.336 e. The lowest BCUT2D eigenvalue weighted by Gasteiger charge is -2.12. The molecule has 126 valence electrons. The molecule has 6 nitrogen and oxygen atoms in total. The zero-order valence-corrected chi connectivity index (χ0v) is 14.4. The van der Waals surface area contributed by atoms with Gasteiger partial charge < -0.3 is 10.2 Å². The Balaban J connectivity index is 2.65. The summed E-state index contributed by atoms with van der Waals surface area (Å²) >= 11 is 0.978. The number of benzene rings is 2. The van der Waals surface area contributed by atoms with Crippen molar-refractivity contribution in [1.29, 1.82) is 0 Å². The summed E-state index contributed by atoms with van der Waals surface area (Å²) in [5.41, 5.74) is 0.332. The quantitative estimate of drug-likeness (QED) is 0.837. The predicted octanol–water partition coefficient (Wildman–Crippen LogP) is 2.95. The number of sulfone groups is 1. The molecule has 0 atom stereocenters. The van der Waals surface area contributed by atoms with E-state index >= 15 is 0 Å². The van der Waals surface area contributed by atoms with Gasteiger partial charge in [0.25, 0.3) is 0 Å². The summed E-state index contributed by atoms with van der Waals surface area (Å²) in [5.74, 6) is -2.35. The van der Waals surface area contributed by atoms with E-state index in [-0.39, 0.29) is 20.9 Å². The summed E-state index contributed by atoms with van der Waals surface area (Å²) in [6.07, 6.45) is 0.983. The standard InChI is InChI=1S/C16H14O6S2/c1-9-7-13(14(24(2,21)22)8-11(9)16(19)20)23-12-6-4-3-5-10(12)15(17)18/h3-8H,1-2H3,(H,17,18)(H,19,20). The van der Waals surface area contributed by atoms with Crippen LogP contribution in [0.1, 0.15) is 26.3 Å². The van der Waals surface area contributed by atoms with E-state index in [4.69, 9.17) is 0 Å². The predicted molar refractivity (Wildman–Crippen MR) is 88.8 cm³/mol. The van der Waals surface area contributed by atoms with Crippen LogP contribution in [0.3, 0.4) is 0 Å². The minimum atomic E-state index is -3.69. The van der Waals surface area contributed by atoms with Gasteiger partial charge >= 0.3 is 11.9 Å². The Bertz CT molecular complexity index is 932. The molecule has 0 aliphatic heterocycles. The lowest BCUT2D eigenvalue weighted by atomic mass is 10.1. The molecular formula is C16H14O6S2. The zero-order valence-electron chi connectivity index (χ0n) is 12.8. The Morgan fingerprint density at radius 1 is 0.958 bits per heavy atom. The van der Waals surface area contributed by atoms with Crippen LogP contribution in [-0.2, 0) is 9.84 Å². The SMILES string of the molecule is Cc1cc(Sc2ccccc2C(=O)O)c(S(C)(=O)=O)cc1C(=O)O. The number of rotatable bonds is 5. The molecule has 0 aliphatic rings. The molecule has 0 saturated heterocycles. The number of aryl methyl sites for hydroxylation is 1. The largest absolute Gasteiger partial charge is 0.478 e. The highest BCUT2D eigenvalue weighted by molar-refractivity contribution is 8.00. The monoisotopic (exact) mass is 366 g/mol. The van der Waals surface area contributed by atoms with Gasteiger partial charge in [0.15, 0.2) is 9.84 Å². The normalized spacial score (nSPS) is 11.2. The third-order valence-electron chi connectivity index (χ3n) is 3.26. The molecule has 8 heteroatoms. The van der Waals surface area contributed by atoms with Gasteiger partial charge in [0.2, 0.25) is 0 Å². The van der Waals surface area contributed by atoms with Crippen LogP contribution in [0.5, 0.6) is 0 Å². The van der Waals surface area contributed by atoms with Crippen molar-refractivity contribution in [3.05, 3.63) is 53.1 Å². The van der Waals surface area contributed by atoms with Crippen LogP contribution < -0.4 is 0 Å². The van der Waals surface area contributed by atoms with Gasteiger partial charge in [0.1, 0.15) is 0 Å². The first-order valence-electron chi connectivity index (χ1n) is 6.69. The molecule has 2 aromatic carbocycles. The maximum Gasteiger partial charge on any atom is 0.336 e. The minimum Gasteiger partial charge on any atom is -0.478 e. The summed E-state index contributed by atoms with van der Waals surface area (Å²) in [4.78, 5) is 23.0. The average Bonchev–Trinajstić information content (AvgIpc) is 2.45. The highest BCUT2D eigenvalue weighted by atomic mass is 32.2. The lowest BCUT2D eigenvalue weighted by molar-refractivity contribution is 0.0683. The fourth-order valence-corrected chi connectivity index (χ4v) is 4.49. The summed E-state index contributed by atoms with van der Waals surface area (Å²) in [7, 11) is -3.69. The number of aromatic carboxylic acids is 2. The van der Waals surface area contributed by atoms with Crippen LogP contribution >= 0.6 is 11.8 Å². The fourth-order valence-electron chi connectivity index (χ4n) is 2.11. The van der Waals surface area contributed by atoms with Crippen molar-refractivity contribution in [3.63, 3.8) is 0 Å². The maximum atomic E-state index is 12.0. The fraction of sp³-hybridized carbons (Fsp3) is 0.125. The highest BCUT2D eigenvalue weighted by Crippen LogP contribution is 2.36. The van der Waals surface area contributed by atoms with Gasteiger partial charge in [0, 0.05) is 16.0 Å². The van der Waals surface area contributed by atoms with E-state index in [0.717, 1.165) is 24.1 Å². The van der Waals surface area contributed by atoms with Crippen LogP contribution in [0.4, 0.5) is 0 Å². The molecule has 0 unspecified atom stereocenters. The van der Waals surface area contributed by atoms with Crippen LogP contribution in [0.15, 0.2) is 51.1 Å². The number of carbonyl (C=O) groups is 2. The van der Waals surface area contributed by atoms with E-state index in [1.165, 1.54) is 12.1 Å². The topological polar surface area (TPSA) is 109 Å². The van der Waals surface area contributed by atoms with E-state index in [1.807, 2.05) is 0 Å². The van der Waals surface area contributed by atoms with Gasteiger partial charge in [-0.25, -0.2) is 18.0 Å². The second-order valence-electron chi connectivity index (χ2n) is 5.09. The molecule has 0 aromatic heterocycles. The van der Waals surface area contributed by atoms with Gasteiger partial charge in [-0.1, -0.05) is 23.9 Å². The molecule has 24 heavy (non-hydrogen) atoms. The van der Waals surface area contributed by atoms with E-state index < -0.39 is 21.8 Å². The molecule has 0 spiro atoms. The third kappa shape index (κ3) is 3.77. The van der Waals surface area contributed by atoms with Crippen LogP contribution in [-0.4, -0.2) is 36.8 Å². The summed E-state index contributed by atoms with van der Waals surface area (Å²) in [5, 5.41) is 18.4. The van der Waals surface area contributed by atoms with Crippen LogP contribution in [0, 0.1) is 6.92 Å². The molecule has 0 heterocycles. The Morgan fingerprint density at radius 2 is 1.54 bits per heavy atom. The summed E-state index contributed by atoms with van der Waals surface area (Å²) < 4.78 is 24.1. The van der Waals surface area contributed by atoms with Crippen molar-refractivity contribution in [2.75, 3.05) is 6.26 Å². The van der Waals surface area contributed by atoms with Crippen LogP contribution in [0.2, 0.25) is 0 Å². The molecule has 2 aromatic rings. The van der Waals surface area contributed by atoms with Gasteiger partial charge in [0.05, 0.1) is 16.0 Å². The molecule has 0 bridgehead atoms. The first-order valence-corrected chi connectivity index (χ1v) is 9.40.